The van der Waals surface area contributed by atoms with Crippen molar-refractivity contribution in [3.63, 3.8) is 0 Å². The van der Waals surface area contributed by atoms with Gasteiger partial charge >= 0.3 is 0 Å². The third-order valence-electron chi connectivity index (χ3n) is 5.07. The number of hydrogen-bond acceptors (Lipinski definition) is 5. The Morgan fingerprint density at radius 3 is 2.33 bits per heavy atom. The molecule has 1 fully saturated rings. The van der Waals surface area contributed by atoms with Crippen LogP contribution in [0.15, 0.2) is 36.7 Å². The molecule has 6 heteroatoms. The molecule has 1 aromatic heterocycles. The van der Waals surface area contributed by atoms with Gasteiger partial charge < -0.3 is 15.1 Å². The first-order valence-electron chi connectivity index (χ1n) is 9.94. The Labute approximate surface area is 161 Å². The molecule has 1 amide bonds. The molecule has 1 aliphatic rings. The maximum atomic E-state index is 12.6. The van der Waals surface area contributed by atoms with Crippen molar-refractivity contribution in [1.29, 1.82) is 0 Å². The highest BCUT2D eigenvalue weighted by atomic mass is 16.1. The van der Waals surface area contributed by atoms with Crippen molar-refractivity contribution in [1.82, 2.24) is 9.97 Å². The van der Waals surface area contributed by atoms with E-state index in [1.807, 2.05) is 24.3 Å². The fourth-order valence-electron chi connectivity index (χ4n) is 3.48. The van der Waals surface area contributed by atoms with Gasteiger partial charge in [-0.1, -0.05) is 12.8 Å². The predicted molar refractivity (Wildman–Crippen MR) is 111 cm³/mol. The minimum absolute atomic E-state index is 0.205. The van der Waals surface area contributed by atoms with E-state index in [1.165, 1.54) is 32.0 Å². The predicted octanol–water partition coefficient (Wildman–Crippen LogP) is 3.96. The standard InChI is InChI=1S/C21H29N5O/c1-3-25(4-2)18-11-9-17(10-12-18)24-21(27)19-15-20(23-16-22-19)26-13-7-5-6-8-14-26/h9-12,15-16H,3-8,13-14H2,1-2H3,(H,24,27). The zero-order valence-corrected chi connectivity index (χ0v) is 16.3. The van der Waals surface area contributed by atoms with E-state index in [1.54, 1.807) is 6.07 Å². The van der Waals surface area contributed by atoms with Crippen LogP contribution in [0, 0.1) is 0 Å². The molecular weight excluding hydrogens is 338 g/mol. The molecule has 1 aliphatic heterocycles. The van der Waals surface area contributed by atoms with Crippen LogP contribution < -0.4 is 15.1 Å². The largest absolute Gasteiger partial charge is 0.372 e. The van der Waals surface area contributed by atoms with Gasteiger partial charge in [0.2, 0.25) is 0 Å². The lowest BCUT2D eigenvalue weighted by Crippen LogP contribution is -2.25. The third-order valence-corrected chi connectivity index (χ3v) is 5.07. The molecule has 2 heterocycles. The summed E-state index contributed by atoms with van der Waals surface area (Å²) in [6.45, 7) is 8.17. The summed E-state index contributed by atoms with van der Waals surface area (Å²) in [7, 11) is 0. The van der Waals surface area contributed by atoms with E-state index in [2.05, 4.69) is 38.9 Å². The Kier molecular flexibility index (Phi) is 6.63. The Morgan fingerprint density at radius 2 is 1.70 bits per heavy atom. The quantitative estimate of drug-likeness (QED) is 0.837. The van der Waals surface area contributed by atoms with Gasteiger partial charge in [0.1, 0.15) is 17.8 Å². The number of nitrogens with zero attached hydrogens (tertiary/aromatic N) is 4. The second kappa shape index (κ2) is 9.35. The number of carbonyl (C=O) groups is 1. The molecule has 3 rings (SSSR count). The van der Waals surface area contributed by atoms with Gasteiger partial charge in [-0.2, -0.15) is 0 Å². The summed E-state index contributed by atoms with van der Waals surface area (Å²) in [5.74, 6) is 0.637. The lowest BCUT2D eigenvalue weighted by atomic mass is 10.2. The minimum Gasteiger partial charge on any atom is -0.372 e. The number of anilines is 3. The number of carbonyl (C=O) groups excluding carboxylic acids is 1. The number of benzene rings is 1. The zero-order valence-electron chi connectivity index (χ0n) is 16.3. The Hall–Kier alpha value is -2.63. The molecule has 144 valence electrons. The molecule has 0 spiro atoms. The van der Waals surface area contributed by atoms with E-state index < -0.39 is 0 Å². The van der Waals surface area contributed by atoms with E-state index in [0.29, 0.717) is 5.69 Å². The van der Waals surface area contributed by atoms with Crippen molar-refractivity contribution in [3.05, 3.63) is 42.4 Å². The topological polar surface area (TPSA) is 61.4 Å². The fourth-order valence-corrected chi connectivity index (χ4v) is 3.48. The van der Waals surface area contributed by atoms with Crippen molar-refractivity contribution in [3.8, 4) is 0 Å². The number of hydrogen-bond donors (Lipinski definition) is 1. The summed E-state index contributed by atoms with van der Waals surface area (Å²) in [4.78, 5) is 25.7. The molecule has 1 aromatic carbocycles. The number of nitrogens with one attached hydrogen (secondary N) is 1. The van der Waals surface area contributed by atoms with E-state index >= 15 is 0 Å². The third kappa shape index (κ3) is 4.96. The fraction of sp³-hybridized carbons (Fsp3) is 0.476. The zero-order chi connectivity index (χ0) is 19.1. The van der Waals surface area contributed by atoms with Crippen molar-refractivity contribution < 1.29 is 4.79 Å². The average Bonchev–Trinajstić information content (AvgIpc) is 3.00. The van der Waals surface area contributed by atoms with Gasteiger partial charge in [0.25, 0.3) is 5.91 Å². The minimum atomic E-state index is -0.205. The van der Waals surface area contributed by atoms with Gasteiger partial charge in [0, 0.05) is 43.6 Å². The van der Waals surface area contributed by atoms with Crippen LogP contribution in [0.1, 0.15) is 50.0 Å². The molecule has 1 N–H and O–H groups in total. The smallest absolute Gasteiger partial charge is 0.274 e. The van der Waals surface area contributed by atoms with Gasteiger partial charge in [-0.05, 0) is 51.0 Å². The molecule has 0 saturated carbocycles. The van der Waals surface area contributed by atoms with Crippen LogP contribution in [-0.2, 0) is 0 Å². The Balaban J connectivity index is 1.68. The highest BCUT2D eigenvalue weighted by molar-refractivity contribution is 6.03. The summed E-state index contributed by atoms with van der Waals surface area (Å²) < 4.78 is 0. The SMILES string of the molecule is CCN(CC)c1ccc(NC(=O)c2cc(N3CCCCCC3)ncn2)cc1. The van der Waals surface area contributed by atoms with Gasteiger partial charge in [0.15, 0.2) is 0 Å². The van der Waals surface area contributed by atoms with Gasteiger partial charge in [-0.15, -0.1) is 0 Å². The summed E-state index contributed by atoms with van der Waals surface area (Å²) in [5.41, 5.74) is 2.33. The van der Waals surface area contributed by atoms with Crippen LogP contribution in [0.3, 0.4) is 0 Å². The van der Waals surface area contributed by atoms with E-state index in [0.717, 1.165) is 43.4 Å². The summed E-state index contributed by atoms with van der Waals surface area (Å²) in [6.07, 6.45) is 6.35. The second-order valence-corrected chi connectivity index (χ2v) is 6.84. The summed E-state index contributed by atoms with van der Waals surface area (Å²) in [6, 6.07) is 9.73. The normalized spacial score (nSPS) is 14.5. The molecule has 0 aliphatic carbocycles. The van der Waals surface area contributed by atoms with Gasteiger partial charge in [0.05, 0.1) is 0 Å². The number of aromatic nitrogens is 2. The molecule has 0 radical (unpaired) electrons. The lowest BCUT2D eigenvalue weighted by Gasteiger charge is -2.21. The Bertz CT molecular complexity index is 734. The highest BCUT2D eigenvalue weighted by Crippen LogP contribution is 2.20. The summed E-state index contributed by atoms with van der Waals surface area (Å²) in [5, 5.41) is 2.94. The van der Waals surface area contributed by atoms with Crippen LogP contribution in [0.25, 0.3) is 0 Å². The maximum Gasteiger partial charge on any atom is 0.274 e. The van der Waals surface area contributed by atoms with E-state index in [4.69, 9.17) is 0 Å². The summed E-state index contributed by atoms with van der Waals surface area (Å²) >= 11 is 0. The van der Waals surface area contributed by atoms with E-state index in [9.17, 15) is 4.79 Å². The monoisotopic (exact) mass is 367 g/mol. The van der Waals surface area contributed by atoms with Crippen molar-refractivity contribution in [2.75, 3.05) is 41.3 Å². The molecule has 0 unspecified atom stereocenters. The second-order valence-electron chi connectivity index (χ2n) is 6.84. The highest BCUT2D eigenvalue weighted by Gasteiger charge is 2.15. The van der Waals surface area contributed by atoms with Crippen LogP contribution in [0.4, 0.5) is 17.2 Å². The molecule has 2 aromatic rings. The first-order valence-corrected chi connectivity index (χ1v) is 9.94. The van der Waals surface area contributed by atoms with E-state index in [-0.39, 0.29) is 5.91 Å². The van der Waals surface area contributed by atoms with Crippen molar-refractivity contribution in [2.45, 2.75) is 39.5 Å². The average molecular weight is 367 g/mol. The Morgan fingerprint density at radius 1 is 1.04 bits per heavy atom. The first kappa shape index (κ1) is 19.1. The van der Waals surface area contributed by atoms with Crippen LogP contribution in [0.2, 0.25) is 0 Å². The molecule has 6 nitrogen and oxygen atoms in total. The van der Waals surface area contributed by atoms with Crippen molar-refractivity contribution in [2.24, 2.45) is 0 Å². The van der Waals surface area contributed by atoms with Crippen molar-refractivity contribution >= 4 is 23.1 Å². The maximum absolute atomic E-state index is 12.6. The van der Waals surface area contributed by atoms with Gasteiger partial charge in [-0.25, -0.2) is 9.97 Å². The molecule has 0 bridgehead atoms. The van der Waals surface area contributed by atoms with Crippen LogP contribution in [-0.4, -0.2) is 42.1 Å². The molecule has 0 atom stereocenters. The lowest BCUT2D eigenvalue weighted by molar-refractivity contribution is 0.102. The van der Waals surface area contributed by atoms with Gasteiger partial charge in [-0.3, -0.25) is 4.79 Å². The van der Waals surface area contributed by atoms with Crippen LogP contribution >= 0.6 is 0 Å². The first-order chi connectivity index (χ1) is 13.2. The number of rotatable bonds is 6. The molecular formula is C21H29N5O. The molecule has 27 heavy (non-hydrogen) atoms. The molecule has 1 saturated heterocycles. The number of amides is 1. The van der Waals surface area contributed by atoms with Crippen LogP contribution in [0.5, 0.6) is 0 Å².